The number of pyridine rings is 1. The molecule has 9 nitrogen and oxygen atoms in total. The minimum atomic E-state index is -0.762. The predicted octanol–water partition coefficient (Wildman–Crippen LogP) is 7.37. The number of aliphatic carboxylic acids is 1. The third-order valence-electron chi connectivity index (χ3n) is 14.7. The van der Waals surface area contributed by atoms with E-state index in [0.29, 0.717) is 49.7 Å². The highest BCUT2D eigenvalue weighted by molar-refractivity contribution is 6.08. The van der Waals surface area contributed by atoms with E-state index in [9.17, 15) is 24.9 Å². The molecule has 4 fully saturated rings. The molecular weight excluding hydrogens is 666 g/mol. The summed E-state index contributed by atoms with van der Waals surface area (Å²) in [4.78, 5) is 29.8. The van der Waals surface area contributed by atoms with Gasteiger partial charge in [0, 0.05) is 24.9 Å². The van der Waals surface area contributed by atoms with E-state index in [1.807, 2.05) is 49.4 Å². The molecule has 4 aliphatic rings. The number of benzene rings is 2. The van der Waals surface area contributed by atoms with Crippen molar-refractivity contribution in [1.29, 1.82) is 0 Å². The van der Waals surface area contributed by atoms with Gasteiger partial charge in [0.2, 0.25) is 0 Å². The molecule has 1 heterocycles. The molecule has 9 heteroatoms. The molecule has 0 bridgehead atoms. The summed E-state index contributed by atoms with van der Waals surface area (Å²) in [5.74, 6) is 0.515. The summed E-state index contributed by atoms with van der Waals surface area (Å²) < 4.78 is 6.44. The lowest BCUT2D eigenvalue weighted by molar-refractivity contribution is -0.209. The first-order valence-corrected chi connectivity index (χ1v) is 20.1. The number of fused-ring (bicyclic) bond motifs is 6. The zero-order valence-electron chi connectivity index (χ0n) is 31.9. The molecular formula is C44H59N3O6. The van der Waals surface area contributed by atoms with Crippen LogP contribution in [0.4, 0.5) is 5.69 Å². The second-order valence-corrected chi connectivity index (χ2v) is 17.3. The number of nitrogens with zero attached hydrogens (tertiary/aromatic N) is 1. The number of hydrogen-bond donors (Lipinski definition) is 5. The summed E-state index contributed by atoms with van der Waals surface area (Å²) in [5.41, 5.74) is 3.70. The molecule has 0 radical (unpaired) electrons. The quantitative estimate of drug-likeness (QED) is 0.122. The second kappa shape index (κ2) is 15.3. The minimum Gasteiger partial charge on any atom is -0.481 e. The Hall–Kier alpha value is -3.53. The number of aryl methyl sites for hydroxylation is 1. The first-order valence-electron chi connectivity index (χ1n) is 20.1. The first-order chi connectivity index (χ1) is 25.4. The number of carbonyl (C=O) groups excluding carboxylic acids is 1. The van der Waals surface area contributed by atoms with Crippen molar-refractivity contribution in [3.63, 3.8) is 0 Å². The van der Waals surface area contributed by atoms with Crippen molar-refractivity contribution in [3.05, 3.63) is 71.4 Å². The van der Waals surface area contributed by atoms with Gasteiger partial charge in [-0.25, -0.2) is 0 Å². The van der Waals surface area contributed by atoms with Crippen LogP contribution >= 0.6 is 0 Å². The first kappa shape index (κ1) is 37.8. The van der Waals surface area contributed by atoms with Crippen molar-refractivity contribution in [1.82, 2.24) is 10.3 Å². The molecule has 7 rings (SSSR count). The zero-order valence-corrected chi connectivity index (χ0v) is 31.9. The number of anilines is 1. The van der Waals surface area contributed by atoms with Crippen LogP contribution in [-0.2, 0) is 16.1 Å². The van der Waals surface area contributed by atoms with Crippen LogP contribution in [0.1, 0.15) is 100 Å². The van der Waals surface area contributed by atoms with Gasteiger partial charge in [-0.1, -0.05) is 69.3 Å². The van der Waals surface area contributed by atoms with Crippen molar-refractivity contribution in [2.45, 2.75) is 110 Å². The highest BCUT2D eigenvalue weighted by atomic mass is 16.5. The molecule has 2 aromatic carbocycles. The van der Waals surface area contributed by atoms with E-state index in [-0.39, 0.29) is 58.9 Å². The lowest BCUT2D eigenvalue weighted by Gasteiger charge is -2.63. The number of nitrogens with one attached hydrogen (secondary N) is 2. The van der Waals surface area contributed by atoms with Gasteiger partial charge in [0.1, 0.15) is 0 Å². The van der Waals surface area contributed by atoms with Crippen LogP contribution in [-0.4, -0.2) is 63.6 Å². The average molecular weight is 726 g/mol. The van der Waals surface area contributed by atoms with Gasteiger partial charge in [-0.2, -0.15) is 0 Å². The predicted molar refractivity (Wildman–Crippen MR) is 206 cm³/mol. The number of hydrogen-bond acceptors (Lipinski definition) is 7. The fourth-order valence-electron chi connectivity index (χ4n) is 11.9. The smallest absolute Gasteiger partial charge is 0.303 e. The summed E-state index contributed by atoms with van der Waals surface area (Å²) in [6.07, 6.45) is 6.21. The minimum absolute atomic E-state index is 0.0249. The Bertz CT molecular complexity index is 1790. The summed E-state index contributed by atoms with van der Waals surface area (Å²) in [6.45, 7) is 10.0. The summed E-state index contributed by atoms with van der Waals surface area (Å²) in [5, 5.41) is 40.6. The van der Waals surface area contributed by atoms with Gasteiger partial charge in [-0.3, -0.25) is 14.6 Å². The Morgan fingerprint density at radius 2 is 1.74 bits per heavy atom. The number of amides is 1. The molecule has 4 unspecified atom stereocenters. The van der Waals surface area contributed by atoms with Crippen LogP contribution in [0.25, 0.3) is 10.9 Å². The molecule has 5 N–H and O–H groups in total. The lowest BCUT2D eigenvalue weighted by Crippen LogP contribution is -2.62. The van der Waals surface area contributed by atoms with Gasteiger partial charge in [-0.05, 0) is 116 Å². The maximum Gasteiger partial charge on any atom is 0.303 e. The van der Waals surface area contributed by atoms with E-state index in [0.717, 1.165) is 60.7 Å². The van der Waals surface area contributed by atoms with Crippen LogP contribution in [0.3, 0.4) is 0 Å². The Morgan fingerprint density at radius 3 is 2.51 bits per heavy atom. The van der Waals surface area contributed by atoms with Crippen LogP contribution < -0.4 is 10.6 Å². The normalized spacial score (nSPS) is 34.1. The number of aliphatic hydroxyl groups excluding tert-OH is 2. The van der Waals surface area contributed by atoms with Crippen LogP contribution in [0.15, 0.2) is 54.6 Å². The topological polar surface area (TPSA) is 141 Å². The van der Waals surface area contributed by atoms with E-state index < -0.39 is 18.2 Å². The molecule has 11 atom stereocenters. The molecule has 53 heavy (non-hydrogen) atoms. The number of carbonyl (C=O) groups is 2. The van der Waals surface area contributed by atoms with Gasteiger partial charge in [0.05, 0.1) is 47.4 Å². The number of para-hydroxylation sites is 1. The van der Waals surface area contributed by atoms with Crippen molar-refractivity contribution in [2.24, 2.45) is 46.3 Å². The van der Waals surface area contributed by atoms with Gasteiger partial charge in [0.25, 0.3) is 5.91 Å². The van der Waals surface area contributed by atoms with Crippen molar-refractivity contribution in [3.8, 4) is 0 Å². The molecule has 286 valence electrons. The number of aromatic nitrogens is 1. The standard InChI is InChI=1S/C44H59N3O6/c1-26(14-17-38(50)51)32-15-16-33-40-34(24-37(49)44(32,33)4)43(3)19-18-30(22-29(43)23-36(40)48)53-21-20-45-42(52)39-27(2)47-35-13-9-8-12-31(35)41(39)46-25-28-10-6-5-7-11-28/h5-13,26,29-30,32-34,36-37,40,48-49H,14-25H2,1-4H3,(H,45,52)(H,46,47)(H,50,51)/t26-,29?,30+,32-,33?,34?,36-,37+,40?,43+,44-/m1/s1. The average Bonchev–Trinajstić information content (AvgIpc) is 3.50. The summed E-state index contributed by atoms with van der Waals surface area (Å²) >= 11 is 0. The summed E-state index contributed by atoms with van der Waals surface area (Å²) in [7, 11) is 0. The van der Waals surface area contributed by atoms with Gasteiger partial charge in [0.15, 0.2) is 0 Å². The largest absolute Gasteiger partial charge is 0.481 e. The molecule has 4 saturated carbocycles. The number of rotatable bonds is 12. The SMILES string of the molecule is Cc1nc2ccccc2c(NCc2ccccc2)c1C(=O)NCCO[C@H]1CC[C@@]2(C)C(C1)C[C@@H](O)C1C2C[C@H](O)[C@@]2(C)C1CC[C@@H]2[C@H](C)CCC(=O)O. The molecule has 0 spiro atoms. The molecule has 3 aromatic rings. The van der Waals surface area contributed by atoms with E-state index >= 15 is 0 Å². The molecule has 4 aliphatic carbocycles. The van der Waals surface area contributed by atoms with Gasteiger partial charge >= 0.3 is 5.97 Å². The Balaban J connectivity index is 0.967. The molecule has 0 aliphatic heterocycles. The van der Waals surface area contributed by atoms with E-state index in [1.165, 1.54) is 0 Å². The third-order valence-corrected chi connectivity index (χ3v) is 14.7. The van der Waals surface area contributed by atoms with Crippen molar-refractivity contribution in [2.75, 3.05) is 18.5 Å². The van der Waals surface area contributed by atoms with E-state index in [2.05, 4.69) is 43.5 Å². The monoisotopic (exact) mass is 725 g/mol. The van der Waals surface area contributed by atoms with E-state index in [4.69, 9.17) is 9.72 Å². The summed E-state index contributed by atoms with van der Waals surface area (Å²) in [6, 6.07) is 18.0. The molecule has 1 aromatic heterocycles. The Morgan fingerprint density at radius 1 is 0.981 bits per heavy atom. The Labute approximate surface area is 314 Å². The fourth-order valence-corrected chi connectivity index (χ4v) is 11.9. The van der Waals surface area contributed by atoms with Crippen molar-refractivity contribution < 1.29 is 29.6 Å². The second-order valence-electron chi connectivity index (χ2n) is 17.3. The van der Waals surface area contributed by atoms with Crippen molar-refractivity contribution >= 4 is 28.5 Å². The number of aliphatic hydroxyl groups is 2. The maximum absolute atomic E-state index is 13.7. The fraction of sp³-hybridized carbons (Fsp3) is 0.614. The zero-order chi connectivity index (χ0) is 37.5. The van der Waals surface area contributed by atoms with Gasteiger partial charge in [-0.15, -0.1) is 0 Å². The maximum atomic E-state index is 13.7. The van der Waals surface area contributed by atoms with Crippen LogP contribution in [0, 0.1) is 53.3 Å². The lowest BCUT2D eigenvalue weighted by atomic mass is 9.43. The Kier molecular flexibility index (Phi) is 10.9. The van der Waals surface area contributed by atoms with E-state index in [1.54, 1.807) is 0 Å². The molecule has 1 amide bonds. The molecule has 0 saturated heterocycles. The number of ether oxygens (including phenoxy) is 1. The number of carboxylic acid groups (broad SMARTS) is 1. The van der Waals surface area contributed by atoms with Gasteiger partial charge < -0.3 is 30.7 Å². The third kappa shape index (κ3) is 7.09. The van der Waals surface area contributed by atoms with Crippen LogP contribution in [0.2, 0.25) is 0 Å². The highest BCUT2D eigenvalue weighted by Crippen LogP contribution is 2.68. The van der Waals surface area contributed by atoms with Crippen LogP contribution in [0.5, 0.6) is 0 Å². The highest BCUT2D eigenvalue weighted by Gasteiger charge is 2.65. The number of carboxylic acids is 1.